The Kier molecular flexibility index (Phi) is 10.1. The molecular formula is C13H26N2O. The van der Waals surface area contributed by atoms with Crippen LogP contribution in [0.15, 0.2) is 5.10 Å². The van der Waals surface area contributed by atoms with Gasteiger partial charge in [-0.25, -0.2) is 5.43 Å². The standard InChI is InChI=1S/C13H26N2O/c1-4-6-8-9-11-13(16)15-14-12(3)10-7-5-2/h4-11H2,1-3H3,(H,15,16). The van der Waals surface area contributed by atoms with Crippen LogP contribution in [-0.2, 0) is 4.79 Å². The van der Waals surface area contributed by atoms with Gasteiger partial charge in [-0.2, -0.15) is 5.10 Å². The summed E-state index contributed by atoms with van der Waals surface area (Å²) in [5.41, 5.74) is 3.63. The topological polar surface area (TPSA) is 41.5 Å². The summed E-state index contributed by atoms with van der Waals surface area (Å²) in [7, 11) is 0. The SMILES string of the molecule is CCCCCCC(=O)NN=C(C)CCCC. The molecule has 0 rings (SSSR count). The Morgan fingerprint density at radius 3 is 2.31 bits per heavy atom. The fourth-order valence-corrected chi connectivity index (χ4v) is 1.41. The van der Waals surface area contributed by atoms with Crippen molar-refractivity contribution in [2.24, 2.45) is 5.10 Å². The predicted octanol–water partition coefficient (Wildman–Crippen LogP) is 3.64. The molecule has 0 aromatic heterocycles. The van der Waals surface area contributed by atoms with E-state index in [4.69, 9.17) is 0 Å². The number of carbonyl (C=O) groups excluding carboxylic acids is 1. The lowest BCUT2D eigenvalue weighted by molar-refractivity contribution is -0.121. The zero-order chi connectivity index (χ0) is 12.2. The molecule has 0 atom stereocenters. The largest absolute Gasteiger partial charge is 0.273 e. The van der Waals surface area contributed by atoms with Crippen molar-refractivity contribution in [3.63, 3.8) is 0 Å². The summed E-state index contributed by atoms with van der Waals surface area (Å²) in [6.45, 7) is 6.29. The number of rotatable bonds is 9. The van der Waals surface area contributed by atoms with E-state index >= 15 is 0 Å². The van der Waals surface area contributed by atoms with Crippen LogP contribution in [0.25, 0.3) is 0 Å². The Labute approximate surface area is 99.7 Å². The van der Waals surface area contributed by atoms with Crippen LogP contribution in [0, 0.1) is 0 Å². The van der Waals surface area contributed by atoms with Crippen molar-refractivity contribution in [2.75, 3.05) is 0 Å². The molecule has 0 aliphatic heterocycles. The van der Waals surface area contributed by atoms with Crippen molar-refractivity contribution in [1.29, 1.82) is 0 Å². The molecule has 3 nitrogen and oxygen atoms in total. The van der Waals surface area contributed by atoms with Crippen LogP contribution in [0.5, 0.6) is 0 Å². The summed E-state index contributed by atoms with van der Waals surface area (Å²) < 4.78 is 0. The second-order valence-electron chi connectivity index (χ2n) is 4.30. The molecule has 1 amide bonds. The molecule has 0 heterocycles. The maximum atomic E-state index is 11.4. The number of hydrogen-bond donors (Lipinski definition) is 1. The number of unbranched alkanes of at least 4 members (excludes halogenated alkanes) is 4. The Morgan fingerprint density at radius 2 is 1.69 bits per heavy atom. The van der Waals surface area contributed by atoms with Crippen LogP contribution in [0.2, 0.25) is 0 Å². The molecular weight excluding hydrogens is 200 g/mol. The highest BCUT2D eigenvalue weighted by molar-refractivity contribution is 5.84. The van der Waals surface area contributed by atoms with E-state index in [1.807, 2.05) is 6.92 Å². The number of nitrogens with zero attached hydrogens (tertiary/aromatic N) is 1. The molecule has 3 heteroatoms. The van der Waals surface area contributed by atoms with E-state index in [2.05, 4.69) is 24.4 Å². The average Bonchev–Trinajstić information content (AvgIpc) is 2.29. The zero-order valence-electron chi connectivity index (χ0n) is 11.0. The second-order valence-corrected chi connectivity index (χ2v) is 4.30. The molecule has 0 aliphatic rings. The van der Waals surface area contributed by atoms with Crippen LogP contribution in [0.1, 0.15) is 72.1 Å². The predicted molar refractivity (Wildman–Crippen MR) is 69.5 cm³/mol. The third-order valence-corrected chi connectivity index (χ3v) is 2.52. The summed E-state index contributed by atoms with van der Waals surface area (Å²) in [4.78, 5) is 11.4. The lowest BCUT2D eigenvalue weighted by Gasteiger charge is -2.02. The Balaban J connectivity index is 3.55. The first-order valence-electron chi connectivity index (χ1n) is 6.52. The van der Waals surface area contributed by atoms with Gasteiger partial charge in [-0.05, 0) is 26.2 Å². The molecule has 0 fully saturated rings. The quantitative estimate of drug-likeness (QED) is 0.364. The van der Waals surface area contributed by atoms with Crippen molar-refractivity contribution in [1.82, 2.24) is 5.43 Å². The number of hydrazone groups is 1. The van der Waals surface area contributed by atoms with Crippen LogP contribution in [-0.4, -0.2) is 11.6 Å². The minimum atomic E-state index is 0.0481. The fourth-order valence-electron chi connectivity index (χ4n) is 1.41. The molecule has 0 aliphatic carbocycles. The van der Waals surface area contributed by atoms with Crippen LogP contribution >= 0.6 is 0 Å². The van der Waals surface area contributed by atoms with Gasteiger partial charge in [0, 0.05) is 12.1 Å². The highest BCUT2D eigenvalue weighted by Crippen LogP contribution is 2.02. The molecule has 0 saturated heterocycles. The Bertz CT molecular complexity index is 212. The molecule has 0 aromatic carbocycles. The van der Waals surface area contributed by atoms with Gasteiger partial charge in [-0.1, -0.05) is 39.5 Å². The average molecular weight is 226 g/mol. The number of amides is 1. The number of hydrogen-bond acceptors (Lipinski definition) is 2. The van der Waals surface area contributed by atoms with Gasteiger partial charge in [0.15, 0.2) is 0 Å². The summed E-state index contributed by atoms with van der Waals surface area (Å²) >= 11 is 0. The van der Waals surface area contributed by atoms with Crippen molar-refractivity contribution >= 4 is 11.6 Å². The van der Waals surface area contributed by atoms with E-state index in [1.165, 1.54) is 12.8 Å². The van der Waals surface area contributed by atoms with E-state index < -0.39 is 0 Å². The molecule has 94 valence electrons. The molecule has 0 bridgehead atoms. The molecule has 0 saturated carbocycles. The molecule has 0 spiro atoms. The van der Waals surface area contributed by atoms with Gasteiger partial charge in [0.2, 0.25) is 5.91 Å². The Morgan fingerprint density at radius 1 is 1.00 bits per heavy atom. The maximum absolute atomic E-state index is 11.4. The first-order valence-corrected chi connectivity index (χ1v) is 6.52. The molecule has 0 aromatic rings. The minimum Gasteiger partial charge on any atom is -0.273 e. The van der Waals surface area contributed by atoms with Gasteiger partial charge in [0.1, 0.15) is 0 Å². The summed E-state index contributed by atoms with van der Waals surface area (Å²) in [5, 5.41) is 4.08. The highest BCUT2D eigenvalue weighted by atomic mass is 16.2. The van der Waals surface area contributed by atoms with Gasteiger partial charge >= 0.3 is 0 Å². The highest BCUT2D eigenvalue weighted by Gasteiger charge is 1.99. The third kappa shape index (κ3) is 9.69. The molecule has 0 radical (unpaired) electrons. The van der Waals surface area contributed by atoms with E-state index in [-0.39, 0.29) is 5.91 Å². The van der Waals surface area contributed by atoms with Gasteiger partial charge in [0.25, 0.3) is 0 Å². The van der Waals surface area contributed by atoms with Crippen molar-refractivity contribution in [3.8, 4) is 0 Å². The van der Waals surface area contributed by atoms with E-state index in [0.717, 1.165) is 37.8 Å². The van der Waals surface area contributed by atoms with E-state index in [9.17, 15) is 4.79 Å². The summed E-state index contributed by atoms with van der Waals surface area (Å²) in [6, 6.07) is 0. The normalized spacial score (nSPS) is 11.6. The maximum Gasteiger partial charge on any atom is 0.240 e. The van der Waals surface area contributed by atoms with Gasteiger partial charge < -0.3 is 0 Å². The van der Waals surface area contributed by atoms with Crippen LogP contribution < -0.4 is 5.43 Å². The van der Waals surface area contributed by atoms with Gasteiger partial charge in [-0.3, -0.25) is 4.79 Å². The lowest BCUT2D eigenvalue weighted by Crippen LogP contribution is -2.18. The van der Waals surface area contributed by atoms with Gasteiger partial charge in [0.05, 0.1) is 0 Å². The van der Waals surface area contributed by atoms with Crippen LogP contribution in [0.3, 0.4) is 0 Å². The lowest BCUT2D eigenvalue weighted by atomic mass is 10.1. The van der Waals surface area contributed by atoms with Crippen molar-refractivity contribution < 1.29 is 4.79 Å². The summed E-state index contributed by atoms with van der Waals surface area (Å²) in [5.74, 6) is 0.0481. The van der Waals surface area contributed by atoms with Crippen LogP contribution in [0.4, 0.5) is 0 Å². The number of carbonyl (C=O) groups is 1. The van der Waals surface area contributed by atoms with Crippen molar-refractivity contribution in [2.45, 2.75) is 72.1 Å². The fraction of sp³-hybridized carbons (Fsp3) is 0.846. The second kappa shape index (κ2) is 10.7. The van der Waals surface area contributed by atoms with E-state index in [0.29, 0.717) is 6.42 Å². The van der Waals surface area contributed by atoms with Crippen molar-refractivity contribution in [3.05, 3.63) is 0 Å². The molecule has 1 N–H and O–H groups in total. The number of nitrogens with one attached hydrogen (secondary N) is 1. The summed E-state index contributed by atoms with van der Waals surface area (Å²) in [6.07, 6.45) is 8.42. The monoisotopic (exact) mass is 226 g/mol. The Hall–Kier alpha value is -0.860. The minimum absolute atomic E-state index is 0.0481. The smallest absolute Gasteiger partial charge is 0.240 e. The zero-order valence-corrected chi connectivity index (χ0v) is 11.0. The third-order valence-electron chi connectivity index (χ3n) is 2.52. The first-order chi connectivity index (χ1) is 7.70. The first kappa shape index (κ1) is 15.1. The molecule has 16 heavy (non-hydrogen) atoms. The molecule has 0 unspecified atom stereocenters. The van der Waals surface area contributed by atoms with Gasteiger partial charge in [-0.15, -0.1) is 0 Å². The van der Waals surface area contributed by atoms with E-state index in [1.54, 1.807) is 0 Å².